The zero-order chi connectivity index (χ0) is 14.1. The van der Waals surface area contributed by atoms with Crippen LogP contribution in [0.2, 0.25) is 0 Å². The standard InChI is InChI=1S/C13H14ClN5O/c1-8-5-10-13(15-6-8)19(11(17-10)3-4-14)7-12-16-9(2)18-20-12/h5-6H,3-4,7H2,1-2H3. The van der Waals surface area contributed by atoms with Crippen LogP contribution in [0.1, 0.15) is 23.1 Å². The summed E-state index contributed by atoms with van der Waals surface area (Å²) < 4.78 is 7.15. The summed E-state index contributed by atoms with van der Waals surface area (Å²) >= 11 is 5.85. The van der Waals surface area contributed by atoms with Gasteiger partial charge in [0.25, 0.3) is 0 Å². The van der Waals surface area contributed by atoms with Gasteiger partial charge in [-0.05, 0) is 25.5 Å². The summed E-state index contributed by atoms with van der Waals surface area (Å²) in [5, 5.41) is 3.80. The molecule has 0 aliphatic carbocycles. The largest absolute Gasteiger partial charge is 0.337 e. The highest BCUT2D eigenvalue weighted by Crippen LogP contribution is 2.17. The minimum absolute atomic E-state index is 0.458. The van der Waals surface area contributed by atoms with E-state index in [1.807, 2.05) is 23.8 Å². The highest BCUT2D eigenvalue weighted by Gasteiger charge is 2.14. The number of fused-ring (bicyclic) bond motifs is 1. The van der Waals surface area contributed by atoms with Crippen LogP contribution in [0.5, 0.6) is 0 Å². The van der Waals surface area contributed by atoms with Crippen LogP contribution in [0.15, 0.2) is 16.8 Å². The molecule has 0 aliphatic heterocycles. The third-order valence-corrected chi connectivity index (χ3v) is 3.17. The fraction of sp³-hybridized carbons (Fsp3) is 0.385. The van der Waals surface area contributed by atoms with Crippen molar-refractivity contribution in [1.82, 2.24) is 24.7 Å². The van der Waals surface area contributed by atoms with Crippen LogP contribution in [0.4, 0.5) is 0 Å². The van der Waals surface area contributed by atoms with Gasteiger partial charge >= 0.3 is 0 Å². The van der Waals surface area contributed by atoms with Crippen molar-refractivity contribution in [1.29, 1.82) is 0 Å². The monoisotopic (exact) mass is 291 g/mol. The number of hydrogen-bond donors (Lipinski definition) is 0. The summed E-state index contributed by atoms with van der Waals surface area (Å²) in [7, 11) is 0. The molecule has 0 amide bonds. The van der Waals surface area contributed by atoms with Crippen molar-refractivity contribution in [2.45, 2.75) is 26.8 Å². The normalized spacial score (nSPS) is 11.3. The van der Waals surface area contributed by atoms with Crippen molar-refractivity contribution < 1.29 is 4.52 Å². The molecule has 3 rings (SSSR count). The second-order valence-electron chi connectivity index (χ2n) is 4.64. The van der Waals surface area contributed by atoms with E-state index in [1.54, 1.807) is 6.92 Å². The average molecular weight is 292 g/mol. The van der Waals surface area contributed by atoms with Gasteiger partial charge in [0.1, 0.15) is 17.9 Å². The Hall–Kier alpha value is -1.95. The third-order valence-electron chi connectivity index (χ3n) is 2.98. The molecule has 0 saturated heterocycles. The number of aromatic nitrogens is 5. The Kier molecular flexibility index (Phi) is 3.40. The summed E-state index contributed by atoms with van der Waals surface area (Å²) in [5.41, 5.74) is 2.75. The Balaban J connectivity index is 2.08. The van der Waals surface area contributed by atoms with Crippen LogP contribution in [0.25, 0.3) is 11.2 Å². The smallest absolute Gasteiger partial charge is 0.246 e. The zero-order valence-corrected chi connectivity index (χ0v) is 12.1. The highest BCUT2D eigenvalue weighted by atomic mass is 35.5. The molecule has 0 spiro atoms. The summed E-state index contributed by atoms with van der Waals surface area (Å²) in [5.74, 6) is 2.54. The molecule has 6 nitrogen and oxygen atoms in total. The molecule has 3 aromatic heterocycles. The molecule has 7 heteroatoms. The SMILES string of the molecule is Cc1cnc2c(c1)nc(CCCl)n2Cc1nc(C)no1. The number of nitrogens with zero attached hydrogens (tertiary/aromatic N) is 5. The van der Waals surface area contributed by atoms with Crippen molar-refractivity contribution in [3.63, 3.8) is 0 Å². The van der Waals surface area contributed by atoms with E-state index in [2.05, 4.69) is 20.1 Å². The zero-order valence-electron chi connectivity index (χ0n) is 11.3. The number of halogens is 1. The molecule has 0 aliphatic rings. The van der Waals surface area contributed by atoms with Gasteiger partial charge in [-0.15, -0.1) is 11.6 Å². The van der Waals surface area contributed by atoms with E-state index in [1.165, 1.54) is 0 Å². The Morgan fingerprint density at radius 1 is 1.30 bits per heavy atom. The number of aryl methyl sites for hydroxylation is 3. The van der Waals surface area contributed by atoms with Crippen LogP contribution in [0.3, 0.4) is 0 Å². The molecule has 3 heterocycles. The van der Waals surface area contributed by atoms with Gasteiger partial charge in [-0.2, -0.15) is 4.98 Å². The van der Waals surface area contributed by atoms with Crippen LogP contribution in [-0.4, -0.2) is 30.6 Å². The third kappa shape index (κ3) is 2.38. The lowest BCUT2D eigenvalue weighted by atomic mass is 10.3. The summed E-state index contributed by atoms with van der Waals surface area (Å²) in [6, 6.07) is 2.01. The number of imidazole rings is 1. The first-order valence-electron chi connectivity index (χ1n) is 6.34. The van der Waals surface area contributed by atoms with Crippen molar-refractivity contribution in [2.75, 3.05) is 5.88 Å². The molecule has 0 radical (unpaired) electrons. The van der Waals surface area contributed by atoms with Crippen LogP contribution in [0, 0.1) is 13.8 Å². The van der Waals surface area contributed by atoms with Gasteiger partial charge in [-0.25, -0.2) is 9.97 Å². The fourth-order valence-electron chi connectivity index (χ4n) is 2.14. The lowest BCUT2D eigenvalue weighted by Gasteiger charge is -2.04. The Bertz CT molecular complexity index is 748. The maximum atomic E-state index is 5.85. The first-order valence-corrected chi connectivity index (χ1v) is 6.87. The van der Waals surface area contributed by atoms with Gasteiger partial charge in [0.05, 0.1) is 0 Å². The highest BCUT2D eigenvalue weighted by molar-refractivity contribution is 6.17. The topological polar surface area (TPSA) is 69.6 Å². The molecule has 0 bridgehead atoms. The van der Waals surface area contributed by atoms with Gasteiger partial charge in [-0.3, -0.25) is 0 Å². The van der Waals surface area contributed by atoms with E-state index in [0.717, 1.165) is 22.6 Å². The van der Waals surface area contributed by atoms with Crippen molar-refractivity contribution in [3.05, 3.63) is 35.4 Å². The quantitative estimate of drug-likeness (QED) is 0.690. The number of pyridine rings is 1. The Morgan fingerprint density at radius 2 is 2.15 bits per heavy atom. The van der Waals surface area contributed by atoms with Gasteiger partial charge in [0.2, 0.25) is 5.89 Å². The second-order valence-corrected chi connectivity index (χ2v) is 5.02. The molecule has 104 valence electrons. The van der Waals surface area contributed by atoms with Gasteiger partial charge < -0.3 is 9.09 Å². The average Bonchev–Trinajstić information content (AvgIpc) is 2.95. The first kappa shape index (κ1) is 13.1. The van der Waals surface area contributed by atoms with E-state index < -0.39 is 0 Å². The first-order chi connectivity index (χ1) is 9.67. The summed E-state index contributed by atoms with van der Waals surface area (Å²) in [6.45, 7) is 4.24. The molecule has 20 heavy (non-hydrogen) atoms. The lowest BCUT2D eigenvalue weighted by Crippen LogP contribution is -2.07. The van der Waals surface area contributed by atoms with E-state index >= 15 is 0 Å². The number of rotatable bonds is 4. The van der Waals surface area contributed by atoms with Crippen LogP contribution < -0.4 is 0 Å². The molecule has 0 fully saturated rings. The molecule has 0 atom stereocenters. The molecular weight excluding hydrogens is 278 g/mol. The van der Waals surface area contributed by atoms with Crippen LogP contribution in [-0.2, 0) is 13.0 Å². The predicted octanol–water partition coefficient (Wildman–Crippen LogP) is 2.26. The second kappa shape index (κ2) is 5.20. The van der Waals surface area contributed by atoms with Crippen molar-refractivity contribution in [2.24, 2.45) is 0 Å². The number of hydrogen-bond acceptors (Lipinski definition) is 5. The maximum Gasteiger partial charge on any atom is 0.246 e. The van der Waals surface area contributed by atoms with Crippen molar-refractivity contribution in [3.8, 4) is 0 Å². The van der Waals surface area contributed by atoms with Crippen molar-refractivity contribution >= 4 is 22.8 Å². The lowest BCUT2D eigenvalue weighted by molar-refractivity contribution is 0.367. The Morgan fingerprint density at radius 3 is 2.85 bits per heavy atom. The summed E-state index contributed by atoms with van der Waals surface area (Å²) in [4.78, 5) is 13.3. The van der Waals surface area contributed by atoms with E-state index in [-0.39, 0.29) is 0 Å². The van der Waals surface area contributed by atoms with Gasteiger partial charge in [-0.1, -0.05) is 5.16 Å². The Labute approximate surface area is 120 Å². The number of alkyl halides is 1. The molecule has 3 aromatic rings. The van der Waals surface area contributed by atoms with Crippen LogP contribution >= 0.6 is 11.6 Å². The molecule has 0 N–H and O–H groups in total. The van der Waals surface area contributed by atoms with Gasteiger partial charge in [0, 0.05) is 18.5 Å². The van der Waals surface area contributed by atoms with Gasteiger partial charge in [0.15, 0.2) is 11.5 Å². The molecular formula is C13H14ClN5O. The summed E-state index contributed by atoms with van der Waals surface area (Å²) in [6.07, 6.45) is 2.49. The predicted molar refractivity (Wildman–Crippen MR) is 74.8 cm³/mol. The van der Waals surface area contributed by atoms with E-state index in [9.17, 15) is 0 Å². The fourth-order valence-corrected chi connectivity index (χ4v) is 2.31. The molecule has 0 aromatic carbocycles. The van der Waals surface area contributed by atoms with E-state index in [0.29, 0.717) is 30.6 Å². The minimum atomic E-state index is 0.458. The maximum absolute atomic E-state index is 5.85. The minimum Gasteiger partial charge on any atom is -0.337 e. The molecule has 0 saturated carbocycles. The molecule has 0 unspecified atom stereocenters. The van der Waals surface area contributed by atoms with E-state index in [4.69, 9.17) is 16.1 Å².